The van der Waals surface area contributed by atoms with Crippen LogP contribution in [0.2, 0.25) is 0 Å². The summed E-state index contributed by atoms with van der Waals surface area (Å²) >= 11 is 0. The van der Waals surface area contributed by atoms with Gasteiger partial charge in [0.1, 0.15) is 5.75 Å². The number of benzene rings is 3. The van der Waals surface area contributed by atoms with Gasteiger partial charge in [-0.15, -0.1) is 10.2 Å². The van der Waals surface area contributed by atoms with E-state index in [1.54, 1.807) is 37.4 Å². The molecular formula is C24H20N5O4-. The topological polar surface area (TPSA) is 122 Å². The Hall–Kier alpha value is -4.53. The maximum atomic E-state index is 12.6. The molecule has 0 aliphatic carbocycles. The molecule has 0 atom stereocenters. The van der Waals surface area contributed by atoms with E-state index in [0.717, 1.165) is 16.9 Å². The van der Waals surface area contributed by atoms with E-state index in [-0.39, 0.29) is 18.0 Å². The van der Waals surface area contributed by atoms with Gasteiger partial charge in [-0.3, -0.25) is 4.79 Å². The van der Waals surface area contributed by atoms with Crippen molar-refractivity contribution < 1.29 is 19.4 Å². The van der Waals surface area contributed by atoms with Gasteiger partial charge < -0.3 is 20.0 Å². The number of aromatic nitrogens is 4. The lowest BCUT2D eigenvalue weighted by atomic mass is 10.1. The monoisotopic (exact) mass is 442 g/mol. The molecule has 1 aromatic heterocycles. The molecule has 0 aliphatic heterocycles. The maximum Gasteiger partial charge on any atom is 0.251 e. The molecule has 33 heavy (non-hydrogen) atoms. The third kappa shape index (κ3) is 5.40. The van der Waals surface area contributed by atoms with Crippen LogP contribution in [0.1, 0.15) is 31.8 Å². The van der Waals surface area contributed by atoms with Crippen molar-refractivity contribution in [2.45, 2.75) is 13.1 Å². The van der Waals surface area contributed by atoms with Gasteiger partial charge in [0.05, 0.1) is 19.6 Å². The van der Waals surface area contributed by atoms with E-state index in [0.29, 0.717) is 23.5 Å². The lowest BCUT2D eigenvalue weighted by molar-refractivity contribution is -0.255. The second-order valence-electron chi connectivity index (χ2n) is 7.24. The smallest absolute Gasteiger partial charge is 0.251 e. The number of carboxylic acid groups (broad SMARTS) is 1. The molecule has 3 aromatic carbocycles. The number of amides is 1. The molecule has 0 saturated carbocycles. The Kier molecular flexibility index (Phi) is 6.40. The highest BCUT2D eigenvalue weighted by Crippen LogP contribution is 2.17. The highest BCUT2D eigenvalue weighted by molar-refractivity contribution is 5.95. The van der Waals surface area contributed by atoms with Gasteiger partial charge >= 0.3 is 0 Å². The fourth-order valence-electron chi connectivity index (χ4n) is 3.16. The zero-order chi connectivity index (χ0) is 23.2. The molecule has 0 fully saturated rings. The number of hydrogen-bond donors (Lipinski definition) is 1. The van der Waals surface area contributed by atoms with Crippen molar-refractivity contribution in [3.63, 3.8) is 0 Å². The Morgan fingerprint density at radius 2 is 1.70 bits per heavy atom. The maximum absolute atomic E-state index is 12.6. The minimum Gasteiger partial charge on any atom is -0.545 e. The first-order valence-corrected chi connectivity index (χ1v) is 10.1. The number of ether oxygens (including phenoxy) is 1. The third-order valence-corrected chi connectivity index (χ3v) is 4.96. The van der Waals surface area contributed by atoms with Crippen molar-refractivity contribution in [3.05, 3.63) is 95.1 Å². The van der Waals surface area contributed by atoms with Crippen LogP contribution < -0.4 is 15.2 Å². The molecule has 0 spiro atoms. The van der Waals surface area contributed by atoms with Crippen LogP contribution in [0.3, 0.4) is 0 Å². The Morgan fingerprint density at radius 3 is 2.39 bits per heavy atom. The van der Waals surface area contributed by atoms with Crippen molar-refractivity contribution in [1.82, 2.24) is 25.5 Å². The SMILES string of the molecule is COc1ccc(Cn2nnc(-c3cccc(C(=O)NCc4ccc(C(=O)[O-])cc4)c3)n2)cc1. The first-order chi connectivity index (χ1) is 16.0. The van der Waals surface area contributed by atoms with Gasteiger partial charge in [0.2, 0.25) is 5.82 Å². The van der Waals surface area contributed by atoms with Gasteiger partial charge in [0, 0.05) is 17.7 Å². The Bertz CT molecular complexity index is 1270. The average Bonchev–Trinajstić information content (AvgIpc) is 3.32. The zero-order valence-electron chi connectivity index (χ0n) is 17.8. The van der Waals surface area contributed by atoms with E-state index < -0.39 is 5.97 Å². The number of hydrogen-bond acceptors (Lipinski definition) is 7. The first-order valence-electron chi connectivity index (χ1n) is 10.1. The molecule has 0 saturated heterocycles. The third-order valence-electron chi connectivity index (χ3n) is 4.96. The molecule has 1 amide bonds. The number of rotatable bonds is 8. The van der Waals surface area contributed by atoms with E-state index in [4.69, 9.17) is 4.74 Å². The molecule has 1 N–H and O–H groups in total. The Balaban J connectivity index is 1.40. The number of nitrogens with one attached hydrogen (secondary N) is 1. The summed E-state index contributed by atoms with van der Waals surface area (Å²) in [6.07, 6.45) is 0. The van der Waals surface area contributed by atoms with E-state index in [1.165, 1.54) is 16.9 Å². The minimum atomic E-state index is -1.24. The summed E-state index contributed by atoms with van der Waals surface area (Å²) in [6, 6.07) is 20.7. The van der Waals surface area contributed by atoms with Gasteiger partial charge in [0.25, 0.3) is 5.91 Å². The van der Waals surface area contributed by atoms with E-state index >= 15 is 0 Å². The number of carbonyl (C=O) groups excluding carboxylic acids is 2. The molecule has 1 heterocycles. The summed E-state index contributed by atoms with van der Waals surface area (Å²) in [4.78, 5) is 24.9. The highest BCUT2D eigenvalue weighted by atomic mass is 16.5. The van der Waals surface area contributed by atoms with Crippen LogP contribution in [0.4, 0.5) is 0 Å². The van der Waals surface area contributed by atoms with Crippen molar-refractivity contribution in [1.29, 1.82) is 0 Å². The summed E-state index contributed by atoms with van der Waals surface area (Å²) in [5.74, 6) is -0.324. The average molecular weight is 442 g/mol. The van der Waals surface area contributed by atoms with Crippen LogP contribution in [0.5, 0.6) is 5.75 Å². The van der Waals surface area contributed by atoms with Crippen LogP contribution in [0.15, 0.2) is 72.8 Å². The number of methoxy groups -OCH3 is 1. The zero-order valence-corrected chi connectivity index (χ0v) is 17.8. The summed E-state index contributed by atoms with van der Waals surface area (Å²) < 4.78 is 5.16. The van der Waals surface area contributed by atoms with E-state index in [2.05, 4.69) is 20.7 Å². The largest absolute Gasteiger partial charge is 0.545 e. The van der Waals surface area contributed by atoms with Gasteiger partial charge in [-0.1, -0.05) is 48.5 Å². The predicted octanol–water partition coefficient (Wildman–Crippen LogP) is 1.69. The van der Waals surface area contributed by atoms with Gasteiger partial charge in [-0.2, -0.15) is 4.80 Å². The number of tetrazole rings is 1. The lowest BCUT2D eigenvalue weighted by Crippen LogP contribution is -2.23. The molecule has 0 bridgehead atoms. The minimum absolute atomic E-state index is 0.0883. The standard InChI is InChI=1S/C24H21N5O4/c1-33-21-11-7-17(8-12-21)15-29-27-22(26-28-29)19-3-2-4-20(13-19)23(30)25-14-16-5-9-18(10-6-16)24(31)32/h2-13H,14-15H2,1H3,(H,25,30)(H,31,32)/p-1. The van der Waals surface area contributed by atoms with Gasteiger partial charge in [0.15, 0.2) is 0 Å². The van der Waals surface area contributed by atoms with Crippen molar-refractivity contribution in [2.24, 2.45) is 0 Å². The van der Waals surface area contributed by atoms with Crippen molar-refractivity contribution in [3.8, 4) is 17.1 Å². The summed E-state index contributed by atoms with van der Waals surface area (Å²) in [7, 11) is 1.62. The Morgan fingerprint density at radius 1 is 0.970 bits per heavy atom. The normalized spacial score (nSPS) is 10.6. The molecule has 0 radical (unpaired) electrons. The molecule has 4 rings (SSSR count). The summed E-state index contributed by atoms with van der Waals surface area (Å²) in [5.41, 5.74) is 2.98. The van der Waals surface area contributed by atoms with Crippen molar-refractivity contribution >= 4 is 11.9 Å². The lowest BCUT2D eigenvalue weighted by Gasteiger charge is -2.08. The quantitative estimate of drug-likeness (QED) is 0.441. The molecule has 9 heteroatoms. The van der Waals surface area contributed by atoms with Crippen LogP contribution in [-0.4, -0.2) is 39.2 Å². The molecule has 4 aromatic rings. The second kappa shape index (κ2) is 9.73. The number of nitrogens with zero attached hydrogens (tertiary/aromatic N) is 4. The van der Waals surface area contributed by atoms with Crippen LogP contribution in [0, 0.1) is 0 Å². The summed E-state index contributed by atoms with van der Waals surface area (Å²) in [5, 5.41) is 26.3. The number of carboxylic acids is 1. The molecule has 166 valence electrons. The van der Waals surface area contributed by atoms with Crippen LogP contribution in [-0.2, 0) is 13.1 Å². The second-order valence-corrected chi connectivity index (χ2v) is 7.24. The first kappa shape index (κ1) is 21.7. The fourth-order valence-corrected chi connectivity index (χ4v) is 3.16. The molecule has 9 nitrogen and oxygen atoms in total. The predicted molar refractivity (Wildman–Crippen MR) is 117 cm³/mol. The van der Waals surface area contributed by atoms with Gasteiger partial charge in [-0.05, 0) is 46.2 Å². The van der Waals surface area contributed by atoms with Crippen LogP contribution in [0.25, 0.3) is 11.4 Å². The van der Waals surface area contributed by atoms with Gasteiger partial charge in [-0.25, -0.2) is 0 Å². The molecule has 0 aliphatic rings. The van der Waals surface area contributed by atoms with E-state index in [1.807, 2.05) is 30.3 Å². The number of carbonyl (C=O) groups is 2. The molecule has 0 unspecified atom stereocenters. The molecular weight excluding hydrogens is 422 g/mol. The Labute approximate surface area is 189 Å². The van der Waals surface area contributed by atoms with E-state index in [9.17, 15) is 14.7 Å². The fraction of sp³-hybridized carbons (Fsp3) is 0.125. The van der Waals surface area contributed by atoms with Crippen molar-refractivity contribution in [2.75, 3.05) is 7.11 Å². The number of aromatic carboxylic acids is 1. The summed E-state index contributed by atoms with van der Waals surface area (Å²) in [6.45, 7) is 0.709. The van der Waals surface area contributed by atoms with Crippen LogP contribution >= 0.6 is 0 Å². The highest BCUT2D eigenvalue weighted by Gasteiger charge is 2.11.